The molecule has 0 saturated carbocycles. The zero-order valence-electron chi connectivity index (χ0n) is 21.0. The van der Waals surface area contributed by atoms with E-state index in [9.17, 15) is 9.18 Å². The minimum atomic E-state index is -0.909. The zero-order valence-corrected chi connectivity index (χ0v) is 21.0. The van der Waals surface area contributed by atoms with E-state index in [1.54, 1.807) is 30.3 Å². The molecule has 0 radical (unpaired) electrons. The maximum Gasteiger partial charge on any atom is 0.280 e. The molecule has 0 atom stereocenters. The maximum atomic E-state index is 13.7. The van der Waals surface area contributed by atoms with E-state index in [4.69, 9.17) is 16.2 Å². The van der Waals surface area contributed by atoms with E-state index < -0.39 is 11.3 Å². The third-order valence-electron chi connectivity index (χ3n) is 6.52. The van der Waals surface area contributed by atoms with E-state index in [2.05, 4.69) is 4.99 Å². The van der Waals surface area contributed by atoms with Crippen molar-refractivity contribution in [3.05, 3.63) is 167 Å². The molecule has 0 aliphatic rings. The highest BCUT2D eigenvalue weighted by molar-refractivity contribution is 6.02. The summed E-state index contributed by atoms with van der Waals surface area (Å²) in [6.45, 7) is 0. The molecule has 39 heavy (non-hydrogen) atoms. The molecule has 5 rings (SSSR count). The van der Waals surface area contributed by atoms with Gasteiger partial charge in [0.25, 0.3) is 5.91 Å². The lowest BCUT2D eigenvalue weighted by atomic mass is 9.64. The Hall–Kier alpha value is -5.23. The summed E-state index contributed by atoms with van der Waals surface area (Å²) in [5.41, 5.74) is 14.0. The van der Waals surface area contributed by atoms with Crippen molar-refractivity contribution in [3.63, 3.8) is 0 Å². The molecule has 0 spiro atoms. The molecule has 0 aromatic heterocycles. The van der Waals surface area contributed by atoms with Gasteiger partial charge in [-0.05, 0) is 59.2 Å². The lowest BCUT2D eigenvalue weighted by Crippen LogP contribution is -2.32. The summed E-state index contributed by atoms with van der Waals surface area (Å²) in [6.07, 6.45) is 0. The quantitative estimate of drug-likeness (QED) is 0.149. The maximum absolute atomic E-state index is 13.7. The van der Waals surface area contributed by atoms with Crippen LogP contribution in [0, 0.1) is 5.82 Å². The van der Waals surface area contributed by atoms with Crippen molar-refractivity contribution in [1.82, 2.24) is 0 Å². The number of hydrogen-bond acceptors (Lipinski definition) is 2. The van der Waals surface area contributed by atoms with Crippen LogP contribution in [0.3, 0.4) is 0 Å². The zero-order chi connectivity index (χ0) is 27.2. The molecule has 0 heterocycles. The molecule has 0 bridgehead atoms. The van der Waals surface area contributed by atoms with Gasteiger partial charge in [-0.25, -0.2) is 4.39 Å². The Balaban J connectivity index is 1.88. The van der Waals surface area contributed by atoms with Crippen molar-refractivity contribution in [3.8, 4) is 11.5 Å². The Morgan fingerprint density at radius 1 is 0.667 bits per heavy atom. The van der Waals surface area contributed by atoms with Crippen molar-refractivity contribution >= 4 is 11.9 Å². The van der Waals surface area contributed by atoms with Crippen LogP contribution in [0.5, 0.6) is 11.5 Å². The molecule has 4 N–H and O–H groups in total. The first-order valence-electron chi connectivity index (χ1n) is 12.4. The predicted octanol–water partition coefficient (Wildman–Crippen LogP) is 6.41. The van der Waals surface area contributed by atoms with Crippen molar-refractivity contribution in [2.45, 2.75) is 5.41 Å². The number of nitrogens with zero attached hydrogens (tertiary/aromatic N) is 1. The van der Waals surface area contributed by atoms with Gasteiger partial charge in [0.2, 0.25) is 0 Å². The van der Waals surface area contributed by atoms with Crippen LogP contribution in [0.25, 0.3) is 0 Å². The number of aliphatic imine (C=N–C) groups is 1. The largest absolute Gasteiger partial charge is 0.457 e. The molecule has 5 aromatic carbocycles. The van der Waals surface area contributed by atoms with E-state index in [1.165, 1.54) is 12.1 Å². The van der Waals surface area contributed by atoms with E-state index in [0.29, 0.717) is 17.1 Å². The molecule has 6 heteroatoms. The molecule has 0 fully saturated rings. The molecule has 5 aromatic rings. The summed E-state index contributed by atoms with van der Waals surface area (Å²) in [7, 11) is 0. The Morgan fingerprint density at radius 2 is 1.15 bits per heavy atom. The first-order valence-corrected chi connectivity index (χ1v) is 12.4. The average Bonchev–Trinajstić information content (AvgIpc) is 2.97. The number of hydrogen-bond donors (Lipinski definition) is 2. The van der Waals surface area contributed by atoms with E-state index in [1.807, 2.05) is 91.0 Å². The van der Waals surface area contributed by atoms with Gasteiger partial charge in [0.1, 0.15) is 17.3 Å². The van der Waals surface area contributed by atoms with Crippen LogP contribution >= 0.6 is 0 Å². The lowest BCUT2D eigenvalue weighted by Gasteiger charge is -2.38. The van der Waals surface area contributed by atoms with Crippen LogP contribution in [-0.4, -0.2) is 11.9 Å². The summed E-state index contributed by atoms with van der Waals surface area (Å²) >= 11 is 0. The number of rotatable bonds is 7. The molecule has 5 nitrogen and oxygen atoms in total. The SMILES string of the molecule is NC(N)=NC(=O)c1ccc(Oc2ccc(F)cc2)c(C(c2ccccc2)(c2ccccc2)c2ccccc2)c1. The second kappa shape index (κ2) is 11.0. The summed E-state index contributed by atoms with van der Waals surface area (Å²) in [5.74, 6) is -0.335. The number of nitrogens with two attached hydrogens (primary N) is 2. The van der Waals surface area contributed by atoms with Crippen molar-refractivity contribution in [1.29, 1.82) is 0 Å². The Kier molecular flexibility index (Phi) is 7.19. The van der Waals surface area contributed by atoms with Crippen molar-refractivity contribution in [2.75, 3.05) is 0 Å². The Bertz CT molecular complexity index is 1500. The number of benzene rings is 5. The van der Waals surface area contributed by atoms with Crippen LogP contribution in [0.15, 0.2) is 138 Å². The minimum Gasteiger partial charge on any atom is -0.457 e. The number of guanidine groups is 1. The summed E-state index contributed by atoms with van der Waals surface area (Å²) in [5, 5.41) is 0. The first kappa shape index (κ1) is 25.4. The molecular weight excluding hydrogens is 489 g/mol. The molecule has 192 valence electrons. The Morgan fingerprint density at radius 3 is 1.62 bits per heavy atom. The van der Waals surface area contributed by atoms with Gasteiger partial charge in [0.15, 0.2) is 5.96 Å². The number of carbonyl (C=O) groups excluding carboxylic acids is 1. The fourth-order valence-electron chi connectivity index (χ4n) is 4.89. The molecule has 1 amide bonds. The van der Waals surface area contributed by atoms with Crippen LogP contribution in [0.2, 0.25) is 0 Å². The van der Waals surface area contributed by atoms with Gasteiger partial charge in [-0.3, -0.25) is 4.79 Å². The predicted molar refractivity (Wildman–Crippen MR) is 151 cm³/mol. The molecule has 0 saturated heterocycles. The third kappa shape index (κ3) is 5.13. The number of carbonyl (C=O) groups is 1. The second-order valence-corrected chi connectivity index (χ2v) is 8.96. The Labute approximate surface area is 226 Å². The highest BCUT2D eigenvalue weighted by Crippen LogP contribution is 2.49. The summed E-state index contributed by atoms with van der Waals surface area (Å²) < 4.78 is 20.1. The number of halogens is 1. The smallest absolute Gasteiger partial charge is 0.280 e. The second-order valence-electron chi connectivity index (χ2n) is 8.96. The average molecular weight is 516 g/mol. The molecular formula is C33H26FN3O2. The molecule has 0 unspecified atom stereocenters. The molecule has 0 aliphatic carbocycles. The topological polar surface area (TPSA) is 90.7 Å². The van der Waals surface area contributed by atoms with Gasteiger partial charge in [-0.1, -0.05) is 91.0 Å². The standard InChI is InChI=1S/C33H26FN3O2/c34-27-17-19-28(20-18-27)39-30-21-16-23(31(38)37-32(35)36)22-29(30)33(24-10-4-1-5-11-24,25-12-6-2-7-13-25)26-14-8-3-9-15-26/h1-22H,(H4,35,36,37,38). The highest BCUT2D eigenvalue weighted by Gasteiger charge is 2.41. The van der Waals surface area contributed by atoms with Crippen molar-refractivity contribution < 1.29 is 13.9 Å². The minimum absolute atomic E-state index is 0.289. The van der Waals surface area contributed by atoms with Gasteiger partial charge in [0.05, 0.1) is 5.41 Å². The first-order chi connectivity index (χ1) is 19.0. The normalized spacial score (nSPS) is 11.0. The van der Waals surface area contributed by atoms with Gasteiger partial charge in [0, 0.05) is 11.1 Å². The highest BCUT2D eigenvalue weighted by atomic mass is 19.1. The monoisotopic (exact) mass is 515 g/mol. The van der Waals surface area contributed by atoms with Crippen LogP contribution in [-0.2, 0) is 5.41 Å². The fourth-order valence-corrected chi connectivity index (χ4v) is 4.89. The number of amides is 1. The van der Waals surface area contributed by atoms with Gasteiger partial charge < -0.3 is 16.2 Å². The third-order valence-corrected chi connectivity index (χ3v) is 6.52. The fraction of sp³-hybridized carbons (Fsp3) is 0.0303. The number of ether oxygens (including phenoxy) is 1. The van der Waals surface area contributed by atoms with E-state index in [-0.39, 0.29) is 17.3 Å². The lowest BCUT2D eigenvalue weighted by molar-refractivity contribution is 0.100. The van der Waals surface area contributed by atoms with Gasteiger partial charge in [-0.15, -0.1) is 0 Å². The van der Waals surface area contributed by atoms with Crippen LogP contribution in [0.4, 0.5) is 4.39 Å². The summed E-state index contributed by atoms with van der Waals surface area (Å²) in [4.78, 5) is 16.8. The molecule has 0 aliphatic heterocycles. The van der Waals surface area contributed by atoms with E-state index in [0.717, 1.165) is 16.7 Å². The van der Waals surface area contributed by atoms with E-state index >= 15 is 0 Å². The summed E-state index contributed by atoms with van der Waals surface area (Å²) in [6, 6.07) is 40.9. The van der Waals surface area contributed by atoms with Gasteiger partial charge >= 0.3 is 0 Å². The van der Waals surface area contributed by atoms with Crippen LogP contribution in [0.1, 0.15) is 32.6 Å². The van der Waals surface area contributed by atoms with Crippen molar-refractivity contribution in [2.24, 2.45) is 16.5 Å². The van der Waals surface area contributed by atoms with Gasteiger partial charge in [-0.2, -0.15) is 4.99 Å². The van der Waals surface area contributed by atoms with Crippen LogP contribution < -0.4 is 16.2 Å².